The highest BCUT2D eigenvalue weighted by atomic mass is 17.1. The summed E-state index contributed by atoms with van der Waals surface area (Å²) in [6.07, 6.45) is 3.95. The molecule has 0 bridgehead atoms. The van der Waals surface area contributed by atoms with Crippen molar-refractivity contribution in [1.82, 2.24) is 4.90 Å². The number of likely N-dealkylation sites (N-methyl/N-ethyl adjacent to an activating group) is 1. The zero-order valence-electron chi connectivity index (χ0n) is 16.0. The summed E-state index contributed by atoms with van der Waals surface area (Å²) in [7, 11) is 3.74. The van der Waals surface area contributed by atoms with E-state index in [0.717, 1.165) is 32.2 Å². The lowest BCUT2D eigenvalue weighted by Gasteiger charge is -2.44. The maximum absolute atomic E-state index is 12.0. The Labute approximate surface area is 150 Å². The van der Waals surface area contributed by atoms with Gasteiger partial charge in [0.15, 0.2) is 5.75 Å². The van der Waals surface area contributed by atoms with E-state index in [9.17, 15) is 4.79 Å². The number of nitrogens with zero attached hydrogens (tertiary/aromatic N) is 1. The van der Waals surface area contributed by atoms with Crippen LogP contribution in [0.25, 0.3) is 0 Å². The fourth-order valence-electron chi connectivity index (χ4n) is 4.61. The maximum Gasteiger partial charge on any atom is 0.206 e. The van der Waals surface area contributed by atoms with Gasteiger partial charge in [-0.2, -0.15) is 0 Å². The van der Waals surface area contributed by atoms with Crippen molar-refractivity contribution in [3.05, 3.63) is 23.8 Å². The number of rotatable bonds is 4. The van der Waals surface area contributed by atoms with Gasteiger partial charge in [-0.1, -0.05) is 19.9 Å². The molecule has 2 aliphatic rings. The number of carbonyl (C=O) groups is 1. The molecule has 25 heavy (non-hydrogen) atoms. The molecule has 1 aromatic carbocycles. The van der Waals surface area contributed by atoms with Crippen molar-refractivity contribution < 1.29 is 19.7 Å². The highest BCUT2D eigenvalue weighted by Gasteiger charge is 2.51. The van der Waals surface area contributed by atoms with Crippen LogP contribution in [0.1, 0.15) is 52.0 Å². The van der Waals surface area contributed by atoms with E-state index in [-0.39, 0.29) is 11.3 Å². The largest absolute Gasteiger partial charge is 0.493 e. The summed E-state index contributed by atoms with van der Waals surface area (Å²) in [5.41, 5.74) is 1.15. The van der Waals surface area contributed by atoms with Crippen molar-refractivity contribution in [2.45, 2.75) is 57.9 Å². The molecule has 1 saturated heterocycles. The van der Waals surface area contributed by atoms with Crippen LogP contribution in [0.5, 0.6) is 11.5 Å². The Kier molecular flexibility index (Phi) is 6.47. The second kappa shape index (κ2) is 8.19. The predicted molar refractivity (Wildman–Crippen MR) is 98.3 cm³/mol. The SMILES string of the molecule is CC.COc1cc([C@]23CCN(C)C2CCC(C(C)=O)C3)ccc1OO. The third-order valence-electron chi connectivity index (χ3n) is 5.89. The first kappa shape index (κ1) is 19.7. The number of methoxy groups -OCH3 is 1. The fourth-order valence-corrected chi connectivity index (χ4v) is 4.61. The molecule has 5 nitrogen and oxygen atoms in total. The second-order valence-corrected chi connectivity index (χ2v) is 6.95. The Balaban J connectivity index is 0.00000109. The van der Waals surface area contributed by atoms with Gasteiger partial charge in [-0.15, -0.1) is 0 Å². The average molecular weight is 349 g/mol. The number of fused-ring (bicyclic) bond motifs is 1. The van der Waals surface area contributed by atoms with Crippen molar-refractivity contribution in [3.8, 4) is 11.5 Å². The first-order valence-electron chi connectivity index (χ1n) is 9.22. The van der Waals surface area contributed by atoms with Gasteiger partial charge in [-0.3, -0.25) is 4.79 Å². The number of ether oxygens (including phenoxy) is 1. The number of hydrogen-bond acceptors (Lipinski definition) is 5. The molecule has 1 aliphatic carbocycles. The Morgan fingerprint density at radius 1 is 1.28 bits per heavy atom. The highest BCUT2D eigenvalue weighted by molar-refractivity contribution is 5.78. The highest BCUT2D eigenvalue weighted by Crippen LogP contribution is 2.51. The van der Waals surface area contributed by atoms with E-state index in [0.29, 0.717) is 23.3 Å². The van der Waals surface area contributed by atoms with E-state index in [1.165, 1.54) is 5.56 Å². The third-order valence-corrected chi connectivity index (χ3v) is 5.89. The average Bonchev–Trinajstić information content (AvgIpc) is 3.00. The molecule has 1 heterocycles. The van der Waals surface area contributed by atoms with Crippen LogP contribution in [0, 0.1) is 5.92 Å². The summed E-state index contributed by atoms with van der Waals surface area (Å²) in [4.78, 5) is 18.8. The molecular formula is C20H31NO4. The van der Waals surface area contributed by atoms with Gasteiger partial charge in [0.2, 0.25) is 5.75 Å². The van der Waals surface area contributed by atoms with Crippen LogP contribution in [0.2, 0.25) is 0 Å². The topological polar surface area (TPSA) is 59.0 Å². The van der Waals surface area contributed by atoms with E-state index < -0.39 is 0 Å². The van der Waals surface area contributed by atoms with Gasteiger partial charge in [-0.05, 0) is 63.9 Å². The van der Waals surface area contributed by atoms with E-state index in [1.54, 1.807) is 20.1 Å². The van der Waals surface area contributed by atoms with Crippen molar-refractivity contribution in [2.24, 2.45) is 5.92 Å². The van der Waals surface area contributed by atoms with Crippen molar-refractivity contribution in [1.29, 1.82) is 0 Å². The van der Waals surface area contributed by atoms with Crippen LogP contribution in [-0.2, 0) is 10.2 Å². The minimum absolute atomic E-state index is 0.0232. The van der Waals surface area contributed by atoms with E-state index in [4.69, 9.17) is 9.99 Å². The molecule has 3 rings (SSSR count). The minimum Gasteiger partial charge on any atom is -0.493 e. The first-order chi connectivity index (χ1) is 12.0. The molecule has 0 radical (unpaired) electrons. The summed E-state index contributed by atoms with van der Waals surface area (Å²) in [6, 6.07) is 6.15. The van der Waals surface area contributed by atoms with Crippen molar-refractivity contribution in [2.75, 3.05) is 20.7 Å². The minimum atomic E-state index is -0.0232. The quantitative estimate of drug-likeness (QED) is 0.660. The van der Waals surface area contributed by atoms with Crippen LogP contribution in [0.3, 0.4) is 0 Å². The number of carbonyl (C=O) groups excluding carboxylic acids is 1. The van der Waals surface area contributed by atoms with E-state index in [2.05, 4.69) is 16.8 Å². The van der Waals surface area contributed by atoms with Crippen LogP contribution in [0.4, 0.5) is 0 Å². The standard InChI is InChI=1S/C18H25NO4.C2H6/c1-12(20)13-4-7-17-18(11-13,8-9-19(17)2)14-5-6-15(23-21)16(10-14)22-3;1-2/h5-6,10,13,17,21H,4,7-9,11H2,1-3H3;1-2H3/t13?,17?,18-;/m1./s1. The molecule has 3 atom stereocenters. The molecule has 2 fully saturated rings. The van der Waals surface area contributed by atoms with Gasteiger partial charge in [0, 0.05) is 17.4 Å². The molecule has 0 amide bonds. The number of likely N-dealkylation sites (tertiary alicyclic amines) is 1. The van der Waals surface area contributed by atoms with Gasteiger partial charge in [0.25, 0.3) is 0 Å². The smallest absolute Gasteiger partial charge is 0.206 e. The van der Waals surface area contributed by atoms with Crippen LogP contribution in [0.15, 0.2) is 18.2 Å². The number of benzene rings is 1. The van der Waals surface area contributed by atoms with Crippen molar-refractivity contribution in [3.63, 3.8) is 0 Å². The summed E-state index contributed by atoms with van der Waals surface area (Å²) >= 11 is 0. The number of hydrogen-bond donors (Lipinski definition) is 1. The molecule has 140 valence electrons. The first-order valence-corrected chi connectivity index (χ1v) is 9.22. The number of ketones is 1. The van der Waals surface area contributed by atoms with Crippen molar-refractivity contribution >= 4 is 5.78 Å². The lowest BCUT2D eigenvalue weighted by molar-refractivity contribution is -0.139. The molecule has 1 aromatic rings. The Bertz CT molecular complexity index is 603. The Morgan fingerprint density at radius 2 is 2.00 bits per heavy atom. The molecule has 0 spiro atoms. The fraction of sp³-hybridized carbons (Fsp3) is 0.650. The zero-order valence-corrected chi connectivity index (χ0v) is 16.0. The lowest BCUT2D eigenvalue weighted by Crippen LogP contribution is -2.47. The van der Waals surface area contributed by atoms with Gasteiger partial charge in [0.05, 0.1) is 7.11 Å². The molecule has 1 aliphatic heterocycles. The summed E-state index contributed by atoms with van der Waals surface area (Å²) < 4.78 is 5.35. The predicted octanol–water partition coefficient (Wildman–Crippen LogP) is 3.90. The number of Topliss-reactive ketones (excluding diaryl/α,β-unsaturated/α-hetero) is 1. The zero-order chi connectivity index (χ0) is 18.6. The van der Waals surface area contributed by atoms with E-state index >= 15 is 0 Å². The molecule has 2 unspecified atom stereocenters. The molecule has 1 saturated carbocycles. The van der Waals surface area contributed by atoms with Gasteiger partial charge < -0.3 is 14.5 Å². The Hall–Kier alpha value is -1.59. The summed E-state index contributed by atoms with van der Waals surface area (Å²) in [5.74, 6) is 1.27. The lowest BCUT2D eigenvalue weighted by atomic mass is 9.62. The molecule has 0 aromatic heterocycles. The third kappa shape index (κ3) is 3.53. The maximum atomic E-state index is 12.0. The molecule has 1 N–H and O–H groups in total. The van der Waals surface area contributed by atoms with E-state index in [1.807, 2.05) is 26.0 Å². The molecule has 5 heteroatoms. The van der Waals surface area contributed by atoms with Crippen LogP contribution >= 0.6 is 0 Å². The van der Waals surface area contributed by atoms with Crippen LogP contribution < -0.4 is 9.62 Å². The van der Waals surface area contributed by atoms with Crippen LogP contribution in [-0.4, -0.2) is 42.7 Å². The second-order valence-electron chi connectivity index (χ2n) is 6.95. The monoisotopic (exact) mass is 349 g/mol. The summed E-state index contributed by atoms with van der Waals surface area (Å²) in [5, 5.41) is 8.96. The van der Waals surface area contributed by atoms with Gasteiger partial charge in [0.1, 0.15) is 5.78 Å². The Morgan fingerprint density at radius 3 is 2.60 bits per heavy atom. The summed E-state index contributed by atoms with van der Waals surface area (Å²) in [6.45, 7) is 6.75. The normalized spacial score (nSPS) is 28.6. The van der Waals surface area contributed by atoms with Gasteiger partial charge in [-0.25, -0.2) is 5.26 Å². The molecular weight excluding hydrogens is 318 g/mol. The van der Waals surface area contributed by atoms with Gasteiger partial charge >= 0.3 is 0 Å².